The second-order valence-corrected chi connectivity index (χ2v) is 2.63. The number of nitrogens with zero attached hydrogens (tertiary/aromatic N) is 1. The third-order valence-corrected chi connectivity index (χ3v) is 1.81. The minimum absolute atomic E-state index is 0.409. The summed E-state index contributed by atoms with van der Waals surface area (Å²) in [4.78, 5) is 13.5. The van der Waals surface area contributed by atoms with Gasteiger partial charge in [0.2, 0.25) is 5.49 Å². The average molecular weight is 177 g/mol. The van der Waals surface area contributed by atoms with E-state index in [4.69, 9.17) is 5.41 Å². The number of hydrogen-bond acceptors (Lipinski definition) is 3. The summed E-state index contributed by atoms with van der Waals surface area (Å²) in [6.07, 6.45) is 0. The molecule has 0 radical (unpaired) electrons. The van der Waals surface area contributed by atoms with Crippen molar-refractivity contribution >= 4 is 11.0 Å². The first-order chi connectivity index (χ1) is 6.20. The molecule has 0 bridgehead atoms. The van der Waals surface area contributed by atoms with E-state index in [-0.39, 0.29) is 0 Å². The molecule has 0 saturated carbocycles. The van der Waals surface area contributed by atoms with Crippen LogP contribution in [0.15, 0.2) is 29.1 Å². The van der Waals surface area contributed by atoms with Crippen molar-refractivity contribution in [1.29, 1.82) is 5.41 Å². The third-order valence-electron chi connectivity index (χ3n) is 1.81. The van der Waals surface area contributed by atoms with Gasteiger partial charge < -0.3 is 10.2 Å². The van der Waals surface area contributed by atoms with Crippen LogP contribution in [0.5, 0.6) is 0 Å². The lowest BCUT2D eigenvalue weighted by atomic mass is 10.3. The Labute approximate surface area is 72.4 Å². The Morgan fingerprint density at radius 3 is 2.85 bits per heavy atom. The molecule has 1 heterocycles. The van der Waals surface area contributed by atoms with Gasteiger partial charge in [-0.3, -0.25) is 10.2 Å². The maximum Gasteiger partial charge on any atom is 0.294 e. The highest BCUT2D eigenvalue weighted by Gasteiger charge is 2.01. The van der Waals surface area contributed by atoms with Crippen molar-refractivity contribution in [3.63, 3.8) is 0 Å². The van der Waals surface area contributed by atoms with Crippen LogP contribution in [0.2, 0.25) is 0 Å². The normalized spacial score (nSPS) is 10.5. The first-order valence-electron chi connectivity index (χ1n) is 3.68. The molecule has 2 aromatic rings. The molecule has 0 aliphatic heterocycles. The molecule has 2 rings (SSSR count). The Morgan fingerprint density at radius 1 is 1.38 bits per heavy atom. The monoisotopic (exact) mass is 177 g/mol. The summed E-state index contributed by atoms with van der Waals surface area (Å²) in [5.74, 6) is 0. The number of benzene rings is 1. The zero-order valence-electron chi connectivity index (χ0n) is 6.61. The van der Waals surface area contributed by atoms with Crippen LogP contribution in [0, 0.1) is 5.41 Å². The molecule has 66 valence electrons. The van der Waals surface area contributed by atoms with E-state index in [0.717, 1.165) is 0 Å². The van der Waals surface area contributed by atoms with Crippen molar-refractivity contribution in [1.82, 2.24) is 9.71 Å². The van der Waals surface area contributed by atoms with Crippen LogP contribution in [0.1, 0.15) is 0 Å². The second kappa shape index (κ2) is 2.48. The van der Waals surface area contributed by atoms with Gasteiger partial charge in [0.15, 0.2) is 0 Å². The summed E-state index contributed by atoms with van der Waals surface area (Å²) in [6, 6.07) is 6.72. The lowest BCUT2D eigenvalue weighted by Crippen LogP contribution is -2.35. The fourth-order valence-electron chi connectivity index (χ4n) is 1.16. The SMILES string of the molecule is N=c1c(=O)[nH]c2ccccc2n1O. The van der Waals surface area contributed by atoms with Gasteiger partial charge in [-0.25, -0.2) is 0 Å². The molecule has 3 N–H and O–H groups in total. The molecular formula is C8H7N3O2. The van der Waals surface area contributed by atoms with Gasteiger partial charge in [0.05, 0.1) is 5.52 Å². The van der Waals surface area contributed by atoms with Gasteiger partial charge in [0, 0.05) is 0 Å². The van der Waals surface area contributed by atoms with E-state index >= 15 is 0 Å². The minimum Gasteiger partial charge on any atom is -0.426 e. The Kier molecular flexibility index (Phi) is 1.45. The van der Waals surface area contributed by atoms with Gasteiger partial charge in [-0.2, -0.15) is 4.73 Å². The second-order valence-electron chi connectivity index (χ2n) is 2.63. The number of H-pyrrole nitrogens is 1. The van der Waals surface area contributed by atoms with Crippen molar-refractivity contribution in [3.05, 3.63) is 40.1 Å². The lowest BCUT2D eigenvalue weighted by molar-refractivity contribution is 0.182. The summed E-state index contributed by atoms with van der Waals surface area (Å²) in [5.41, 5.74) is -0.169. The number of nitrogens with one attached hydrogen (secondary N) is 2. The number of aromatic nitrogens is 2. The van der Waals surface area contributed by atoms with Crippen molar-refractivity contribution in [2.45, 2.75) is 0 Å². The summed E-state index contributed by atoms with van der Waals surface area (Å²) in [5, 5.41) is 16.5. The zero-order valence-corrected chi connectivity index (χ0v) is 6.61. The molecule has 0 saturated heterocycles. The fraction of sp³-hybridized carbons (Fsp3) is 0. The van der Waals surface area contributed by atoms with Gasteiger partial charge in [-0.1, -0.05) is 12.1 Å². The predicted octanol–water partition coefficient (Wildman–Crippen LogP) is 0.0464. The molecule has 1 aromatic carbocycles. The molecule has 5 nitrogen and oxygen atoms in total. The van der Waals surface area contributed by atoms with Gasteiger partial charge in [-0.15, -0.1) is 0 Å². The maximum atomic E-state index is 11.0. The molecule has 0 unspecified atom stereocenters. The molecular weight excluding hydrogens is 170 g/mol. The number of aromatic amines is 1. The quantitative estimate of drug-likeness (QED) is 0.497. The van der Waals surface area contributed by atoms with Crippen molar-refractivity contribution in [3.8, 4) is 0 Å². The Balaban J connectivity index is 3.11. The van der Waals surface area contributed by atoms with E-state index in [1.54, 1.807) is 24.3 Å². The van der Waals surface area contributed by atoms with E-state index in [1.807, 2.05) is 0 Å². The topological polar surface area (TPSA) is 81.9 Å². The fourth-order valence-corrected chi connectivity index (χ4v) is 1.16. The number of rotatable bonds is 0. The molecule has 0 atom stereocenters. The van der Waals surface area contributed by atoms with Crippen LogP contribution in [0.25, 0.3) is 11.0 Å². The Hall–Kier alpha value is -2.04. The standard InChI is InChI=1S/C8H7N3O2/c9-7-8(12)10-5-3-1-2-4-6(5)11(7)13/h1-4,9,13H,(H,10,12). The van der Waals surface area contributed by atoms with Crippen LogP contribution in [-0.4, -0.2) is 14.9 Å². The largest absolute Gasteiger partial charge is 0.426 e. The summed E-state index contributed by atoms with van der Waals surface area (Å²) >= 11 is 0. The molecule has 1 aromatic heterocycles. The number of fused-ring (bicyclic) bond motifs is 1. The van der Waals surface area contributed by atoms with E-state index in [0.29, 0.717) is 15.8 Å². The van der Waals surface area contributed by atoms with E-state index < -0.39 is 11.0 Å². The molecule has 0 fully saturated rings. The van der Waals surface area contributed by atoms with Gasteiger partial charge >= 0.3 is 0 Å². The predicted molar refractivity (Wildman–Crippen MR) is 45.6 cm³/mol. The highest BCUT2D eigenvalue weighted by Crippen LogP contribution is 2.04. The first kappa shape index (κ1) is 7.60. The van der Waals surface area contributed by atoms with Crippen molar-refractivity contribution < 1.29 is 5.21 Å². The lowest BCUT2D eigenvalue weighted by Gasteiger charge is -2.01. The molecule has 5 heteroatoms. The van der Waals surface area contributed by atoms with Gasteiger partial charge in [-0.05, 0) is 12.1 Å². The molecule has 0 aliphatic carbocycles. The summed E-state index contributed by atoms with van der Waals surface area (Å²) < 4.78 is 0.564. The van der Waals surface area contributed by atoms with E-state index in [1.165, 1.54) is 0 Å². The Bertz CT molecular complexity index is 567. The average Bonchev–Trinajstić information content (AvgIpc) is 2.15. The molecule has 13 heavy (non-hydrogen) atoms. The van der Waals surface area contributed by atoms with Crippen molar-refractivity contribution in [2.24, 2.45) is 0 Å². The summed E-state index contributed by atoms with van der Waals surface area (Å²) in [6.45, 7) is 0. The van der Waals surface area contributed by atoms with Crippen LogP contribution in [0.4, 0.5) is 0 Å². The van der Waals surface area contributed by atoms with Gasteiger partial charge in [0.1, 0.15) is 5.52 Å². The van der Waals surface area contributed by atoms with Gasteiger partial charge in [0.25, 0.3) is 5.56 Å². The molecule has 0 amide bonds. The van der Waals surface area contributed by atoms with E-state index in [9.17, 15) is 10.0 Å². The zero-order chi connectivity index (χ0) is 9.42. The minimum atomic E-state index is -0.610. The molecule has 0 aliphatic rings. The number of para-hydroxylation sites is 2. The van der Waals surface area contributed by atoms with E-state index in [2.05, 4.69) is 4.98 Å². The number of hydrogen-bond donors (Lipinski definition) is 3. The van der Waals surface area contributed by atoms with Crippen LogP contribution in [-0.2, 0) is 0 Å². The van der Waals surface area contributed by atoms with Crippen molar-refractivity contribution in [2.75, 3.05) is 0 Å². The third kappa shape index (κ3) is 1.01. The highest BCUT2D eigenvalue weighted by molar-refractivity contribution is 5.73. The first-order valence-corrected chi connectivity index (χ1v) is 3.68. The van der Waals surface area contributed by atoms with Crippen LogP contribution >= 0.6 is 0 Å². The van der Waals surface area contributed by atoms with Crippen LogP contribution < -0.4 is 11.0 Å². The smallest absolute Gasteiger partial charge is 0.294 e. The van der Waals surface area contributed by atoms with Crippen LogP contribution in [0.3, 0.4) is 0 Å². The Morgan fingerprint density at radius 2 is 2.08 bits per heavy atom. The maximum absolute atomic E-state index is 11.0. The summed E-state index contributed by atoms with van der Waals surface area (Å²) in [7, 11) is 0. The molecule has 0 spiro atoms. The highest BCUT2D eigenvalue weighted by atomic mass is 16.5.